The first-order valence-corrected chi connectivity index (χ1v) is 4.73. The van der Waals surface area contributed by atoms with Crippen LogP contribution in [0.5, 0.6) is 0 Å². The van der Waals surface area contributed by atoms with Gasteiger partial charge in [-0.05, 0) is 19.1 Å². The van der Waals surface area contributed by atoms with Crippen LogP contribution in [0.15, 0.2) is 35.2 Å². The molecule has 16 heavy (non-hydrogen) atoms. The number of carbonyl (C=O) groups is 1. The molecule has 0 aliphatic rings. The lowest BCUT2D eigenvalue weighted by atomic mass is 10.1. The number of nitrogens with two attached hydrogens (primary N) is 1. The van der Waals surface area contributed by atoms with E-state index in [9.17, 15) is 4.79 Å². The molecule has 0 aliphatic carbocycles. The van der Waals surface area contributed by atoms with E-state index in [2.05, 4.69) is 15.0 Å². The fourth-order valence-electron chi connectivity index (χ4n) is 1.33. The maximum absolute atomic E-state index is 11.8. The fourth-order valence-corrected chi connectivity index (χ4v) is 1.33. The van der Waals surface area contributed by atoms with E-state index in [0.29, 0.717) is 16.9 Å². The molecule has 0 unspecified atom stereocenters. The third-order valence-corrected chi connectivity index (χ3v) is 2.14. The first kappa shape index (κ1) is 10.2. The number of amides is 1. The van der Waals surface area contributed by atoms with Crippen molar-refractivity contribution in [1.29, 1.82) is 0 Å². The largest absolute Gasteiger partial charge is 0.398 e. The first-order valence-electron chi connectivity index (χ1n) is 4.73. The average Bonchev–Trinajstić information content (AvgIpc) is 2.74. The minimum absolute atomic E-state index is 0.274. The van der Waals surface area contributed by atoms with E-state index in [1.165, 1.54) is 12.5 Å². The van der Waals surface area contributed by atoms with Crippen LogP contribution in [0, 0.1) is 6.92 Å². The van der Waals surface area contributed by atoms with Gasteiger partial charge in [-0.2, -0.15) is 0 Å². The number of hydrogen-bond donors (Lipinski definition) is 2. The van der Waals surface area contributed by atoms with E-state index in [-0.39, 0.29) is 5.91 Å². The van der Waals surface area contributed by atoms with Gasteiger partial charge in [-0.3, -0.25) is 4.79 Å². The first-order chi connectivity index (χ1) is 7.66. The Morgan fingerprint density at radius 3 is 3.00 bits per heavy atom. The molecule has 1 amide bonds. The molecule has 0 aliphatic heterocycles. The molecule has 1 heterocycles. The van der Waals surface area contributed by atoms with Crippen LogP contribution in [-0.2, 0) is 0 Å². The van der Waals surface area contributed by atoms with E-state index < -0.39 is 0 Å². The number of anilines is 2. The molecule has 0 spiro atoms. The Labute approximate surface area is 92.2 Å². The molecular weight excluding hydrogens is 206 g/mol. The van der Waals surface area contributed by atoms with Gasteiger partial charge in [-0.1, -0.05) is 16.8 Å². The van der Waals surface area contributed by atoms with Crippen molar-refractivity contribution in [2.45, 2.75) is 6.92 Å². The van der Waals surface area contributed by atoms with Gasteiger partial charge < -0.3 is 15.6 Å². The van der Waals surface area contributed by atoms with Gasteiger partial charge in [0, 0.05) is 5.69 Å². The van der Waals surface area contributed by atoms with Gasteiger partial charge in [0.1, 0.15) is 12.0 Å². The monoisotopic (exact) mass is 217 g/mol. The normalized spacial score (nSPS) is 10.1. The van der Waals surface area contributed by atoms with Gasteiger partial charge in [0.2, 0.25) is 0 Å². The predicted octanol–water partition coefficient (Wildman–Crippen LogP) is 1.82. The molecule has 0 saturated carbocycles. The molecule has 5 nitrogen and oxygen atoms in total. The van der Waals surface area contributed by atoms with Gasteiger partial charge in [0.15, 0.2) is 0 Å². The second-order valence-corrected chi connectivity index (χ2v) is 3.46. The number of nitrogen functional groups attached to an aromatic ring is 1. The van der Waals surface area contributed by atoms with Gasteiger partial charge in [0.25, 0.3) is 5.91 Å². The highest BCUT2D eigenvalue weighted by atomic mass is 16.5. The molecule has 0 atom stereocenters. The van der Waals surface area contributed by atoms with E-state index in [1.807, 2.05) is 13.0 Å². The molecule has 0 bridgehead atoms. The van der Waals surface area contributed by atoms with E-state index in [1.54, 1.807) is 12.1 Å². The molecule has 2 aromatic rings. The van der Waals surface area contributed by atoms with Crippen LogP contribution >= 0.6 is 0 Å². The summed E-state index contributed by atoms with van der Waals surface area (Å²) in [6, 6.07) is 5.29. The summed E-state index contributed by atoms with van der Waals surface area (Å²) in [5.74, 6) is -0.274. The topological polar surface area (TPSA) is 81.2 Å². The Hall–Kier alpha value is -2.30. The van der Waals surface area contributed by atoms with E-state index in [0.717, 1.165) is 5.56 Å². The van der Waals surface area contributed by atoms with Crippen molar-refractivity contribution in [2.24, 2.45) is 0 Å². The van der Waals surface area contributed by atoms with Crippen molar-refractivity contribution < 1.29 is 9.32 Å². The Kier molecular flexibility index (Phi) is 2.59. The number of hydrogen-bond acceptors (Lipinski definition) is 4. The van der Waals surface area contributed by atoms with Crippen molar-refractivity contribution in [3.05, 3.63) is 41.8 Å². The van der Waals surface area contributed by atoms with Gasteiger partial charge in [-0.15, -0.1) is 0 Å². The summed E-state index contributed by atoms with van der Waals surface area (Å²) in [4.78, 5) is 11.8. The van der Waals surface area contributed by atoms with Crippen LogP contribution in [0.2, 0.25) is 0 Å². The maximum atomic E-state index is 11.8. The number of nitrogens with zero attached hydrogens (tertiary/aromatic N) is 1. The molecule has 0 fully saturated rings. The summed E-state index contributed by atoms with van der Waals surface area (Å²) < 4.78 is 4.61. The highest BCUT2D eigenvalue weighted by Gasteiger charge is 2.10. The summed E-state index contributed by atoms with van der Waals surface area (Å²) in [6.45, 7) is 1.90. The minimum atomic E-state index is -0.274. The zero-order chi connectivity index (χ0) is 11.5. The third-order valence-electron chi connectivity index (χ3n) is 2.14. The average molecular weight is 217 g/mol. The summed E-state index contributed by atoms with van der Waals surface area (Å²) >= 11 is 0. The number of aromatic nitrogens is 1. The summed E-state index contributed by atoms with van der Waals surface area (Å²) in [5.41, 5.74) is 8.09. The minimum Gasteiger partial charge on any atom is -0.398 e. The maximum Gasteiger partial charge on any atom is 0.257 e. The van der Waals surface area contributed by atoms with E-state index >= 15 is 0 Å². The Morgan fingerprint density at radius 1 is 1.50 bits per heavy atom. The number of aryl methyl sites for hydroxylation is 1. The zero-order valence-corrected chi connectivity index (χ0v) is 8.73. The standard InChI is InChI=1S/C11H11N3O2/c1-7-2-3-10(12)9(4-7)11(15)14-8-5-13-16-6-8/h2-6H,12H2,1H3,(H,14,15). The molecule has 1 aromatic carbocycles. The summed E-state index contributed by atoms with van der Waals surface area (Å²) in [7, 11) is 0. The molecule has 3 N–H and O–H groups in total. The van der Waals surface area contributed by atoms with Crippen molar-refractivity contribution in [2.75, 3.05) is 11.1 Å². The summed E-state index contributed by atoms with van der Waals surface area (Å²) in [6.07, 6.45) is 2.77. The highest BCUT2D eigenvalue weighted by molar-refractivity contribution is 6.07. The van der Waals surface area contributed by atoms with Crippen LogP contribution in [-0.4, -0.2) is 11.1 Å². The Balaban J connectivity index is 2.24. The van der Waals surface area contributed by atoms with Crippen LogP contribution in [0.3, 0.4) is 0 Å². The molecule has 2 rings (SSSR count). The van der Waals surface area contributed by atoms with E-state index in [4.69, 9.17) is 5.73 Å². The number of nitrogens with one attached hydrogen (secondary N) is 1. The second-order valence-electron chi connectivity index (χ2n) is 3.46. The molecule has 0 saturated heterocycles. The number of rotatable bonds is 2. The molecule has 5 heteroatoms. The van der Waals surface area contributed by atoms with Gasteiger partial charge >= 0.3 is 0 Å². The smallest absolute Gasteiger partial charge is 0.257 e. The Morgan fingerprint density at radius 2 is 2.31 bits per heavy atom. The van der Waals surface area contributed by atoms with Crippen molar-refractivity contribution in [3.8, 4) is 0 Å². The van der Waals surface area contributed by atoms with Gasteiger partial charge in [0.05, 0.1) is 11.8 Å². The van der Waals surface area contributed by atoms with Crippen LogP contribution in [0.4, 0.5) is 11.4 Å². The number of carbonyl (C=O) groups excluding carboxylic acids is 1. The van der Waals surface area contributed by atoms with Crippen molar-refractivity contribution in [1.82, 2.24) is 5.16 Å². The fraction of sp³-hybridized carbons (Fsp3) is 0.0909. The lowest BCUT2D eigenvalue weighted by Crippen LogP contribution is -2.13. The molecular formula is C11H11N3O2. The quantitative estimate of drug-likeness (QED) is 0.752. The second kappa shape index (κ2) is 4.06. The molecule has 82 valence electrons. The lowest BCUT2D eigenvalue weighted by molar-refractivity contribution is 0.102. The predicted molar refractivity (Wildman–Crippen MR) is 60.0 cm³/mol. The third kappa shape index (κ3) is 2.03. The zero-order valence-electron chi connectivity index (χ0n) is 8.73. The number of benzene rings is 1. The van der Waals surface area contributed by atoms with Crippen molar-refractivity contribution in [3.63, 3.8) is 0 Å². The van der Waals surface area contributed by atoms with Crippen LogP contribution in [0.25, 0.3) is 0 Å². The lowest BCUT2D eigenvalue weighted by Gasteiger charge is -2.06. The van der Waals surface area contributed by atoms with Gasteiger partial charge in [-0.25, -0.2) is 0 Å². The van der Waals surface area contributed by atoms with Crippen LogP contribution < -0.4 is 11.1 Å². The van der Waals surface area contributed by atoms with Crippen LogP contribution in [0.1, 0.15) is 15.9 Å². The SMILES string of the molecule is Cc1ccc(N)c(C(=O)Nc2cnoc2)c1. The summed E-state index contributed by atoms with van der Waals surface area (Å²) in [5, 5.41) is 6.12. The highest BCUT2D eigenvalue weighted by Crippen LogP contribution is 2.15. The molecule has 1 aromatic heterocycles. The van der Waals surface area contributed by atoms with Crippen molar-refractivity contribution >= 4 is 17.3 Å². The molecule has 0 radical (unpaired) electrons. The Bertz CT molecular complexity index is 506.